The van der Waals surface area contributed by atoms with Crippen LogP contribution < -0.4 is 0 Å². The summed E-state index contributed by atoms with van der Waals surface area (Å²) in [5.41, 5.74) is 3.50. The number of benzene rings is 2. The summed E-state index contributed by atoms with van der Waals surface area (Å²) in [6.07, 6.45) is 2.78. The summed E-state index contributed by atoms with van der Waals surface area (Å²) in [6.45, 7) is 4.87. The summed E-state index contributed by atoms with van der Waals surface area (Å²) in [5, 5.41) is 0. The van der Waals surface area contributed by atoms with E-state index in [0.29, 0.717) is 36.4 Å². The van der Waals surface area contributed by atoms with Crippen molar-refractivity contribution in [2.45, 2.75) is 38.9 Å². The van der Waals surface area contributed by atoms with E-state index in [4.69, 9.17) is 4.42 Å². The molecule has 1 aliphatic rings. The van der Waals surface area contributed by atoms with Crippen LogP contribution in [-0.2, 0) is 26.8 Å². The molecule has 4 rings (SSSR count). The van der Waals surface area contributed by atoms with Gasteiger partial charge in [0.1, 0.15) is 11.5 Å². The molecule has 33 heavy (non-hydrogen) atoms. The van der Waals surface area contributed by atoms with Crippen molar-refractivity contribution in [2.75, 3.05) is 18.8 Å². The third-order valence-electron chi connectivity index (χ3n) is 6.30. The summed E-state index contributed by atoms with van der Waals surface area (Å²) in [7, 11) is -3.66. The van der Waals surface area contributed by atoms with Gasteiger partial charge in [0.2, 0.25) is 11.8 Å². The Balaban J connectivity index is 1.34. The molecule has 0 N–H and O–H groups in total. The normalized spacial score (nSPS) is 15.0. The van der Waals surface area contributed by atoms with Crippen LogP contribution in [0.4, 0.5) is 0 Å². The number of aromatic nitrogens is 1. The van der Waals surface area contributed by atoms with Crippen molar-refractivity contribution in [2.24, 2.45) is 5.92 Å². The van der Waals surface area contributed by atoms with Crippen molar-refractivity contribution < 1.29 is 17.6 Å². The second-order valence-electron chi connectivity index (χ2n) is 8.88. The highest BCUT2D eigenvalue weighted by molar-refractivity contribution is 7.91. The SMILES string of the molecule is Cc1ccccc1-c1nc(CS(=O)(=O)CC(=O)N2CCC(Cc3ccccc3)CC2)c(C)o1. The Hall–Kier alpha value is -2.93. The fourth-order valence-electron chi connectivity index (χ4n) is 4.36. The molecule has 2 aromatic carbocycles. The number of aryl methyl sites for hydroxylation is 2. The zero-order chi connectivity index (χ0) is 23.4. The summed E-state index contributed by atoms with van der Waals surface area (Å²) in [6, 6.07) is 18.0. The second-order valence-corrected chi connectivity index (χ2v) is 10.9. The Morgan fingerprint density at radius 2 is 1.70 bits per heavy atom. The van der Waals surface area contributed by atoms with Gasteiger partial charge in [-0.3, -0.25) is 4.79 Å². The molecule has 1 aliphatic heterocycles. The zero-order valence-electron chi connectivity index (χ0n) is 19.2. The number of likely N-dealkylation sites (tertiary alicyclic amines) is 1. The maximum atomic E-state index is 12.8. The highest BCUT2D eigenvalue weighted by Gasteiger charge is 2.28. The molecule has 0 spiro atoms. The van der Waals surface area contributed by atoms with Gasteiger partial charge in [-0.2, -0.15) is 0 Å². The molecular formula is C26H30N2O4S. The Morgan fingerprint density at radius 1 is 1.03 bits per heavy atom. The largest absolute Gasteiger partial charge is 0.441 e. The Bertz CT molecular complexity index is 1210. The molecule has 0 bridgehead atoms. The van der Waals surface area contributed by atoms with E-state index in [-0.39, 0.29) is 11.7 Å². The van der Waals surface area contributed by atoms with Gasteiger partial charge in [-0.05, 0) is 56.2 Å². The van der Waals surface area contributed by atoms with Crippen molar-refractivity contribution in [3.8, 4) is 11.5 Å². The Morgan fingerprint density at radius 3 is 2.39 bits per heavy atom. The summed E-state index contributed by atoms with van der Waals surface area (Å²) in [5.74, 6) is 0.264. The highest BCUT2D eigenvalue weighted by atomic mass is 32.2. The van der Waals surface area contributed by atoms with E-state index in [1.54, 1.807) is 11.8 Å². The van der Waals surface area contributed by atoms with E-state index in [9.17, 15) is 13.2 Å². The van der Waals surface area contributed by atoms with Crippen molar-refractivity contribution in [1.82, 2.24) is 9.88 Å². The molecule has 1 fully saturated rings. The molecule has 2 heterocycles. The third kappa shape index (κ3) is 5.90. The van der Waals surface area contributed by atoms with E-state index >= 15 is 0 Å². The van der Waals surface area contributed by atoms with E-state index in [0.717, 1.165) is 30.4 Å². The number of rotatable bonds is 7. The maximum absolute atomic E-state index is 12.8. The number of sulfone groups is 1. The van der Waals surface area contributed by atoms with E-state index in [2.05, 4.69) is 17.1 Å². The van der Waals surface area contributed by atoms with E-state index in [1.807, 2.05) is 49.4 Å². The number of amides is 1. The lowest BCUT2D eigenvalue weighted by Gasteiger charge is -2.32. The monoisotopic (exact) mass is 466 g/mol. The smallest absolute Gasteiger partial charge is 0.237 e. The highest BCUT2D eigenvalue weighted by Crippen LogP contribution is 2.26. The van der Waals surface area contributed by atoms with Crippen LogP contribution in [-0.4, -0.2) is 43.1 Å². The number of carbonyl (C=O) groups excluding carboxylic acids is 1. The van der Waals surface area contributed by atoms with Gasteiger partial charge in [0.05, 0.1) is 11.4 Å². The van der Waals surface area contributed by atoms with Gasteiger partial charge >= 0.3 is 0 Å². The first-order valence-electron chi connectivity index (χ1n) is 11.3. The predicted octanol–water partition coefficient (Wildman–Crippen LogP) is 4.35. The molecule has 1 amide bonds. The number of hydrogen-bond donors (Lipinski definition) is 0. The minimum atomic E-state index is -3.66. The lowest BCUT2D eigenvalue weighted by molar-refractivity contribution is -0.129. The van der Waals surface area contributed by atoms with Crippen LogP contribution in [0.5, 0.6) is 0 Å². The third-order valence-corrected chi connectivity index (χ3v) is 7.70. The Kier molecular flexibility index (Phi) is 6.98. The summed E-state index contributed by atoms with van der Waals surface area (Å²) in [4.78, 5) is 18.8. The van der Waals surface area contributed by atoms with Crippen LogP contribution in [0.15, 0.2) is 59.0 Å². The average molecular weight is 467 g/mol. The number of carbonyl (C=O) groups is 1. The lowest BCUT2D eigenvalue weighted by Crippen LogP contribution is -2.42. The van der Waals surface area contributed by atoms with Gasteiger partial charge in [-0.1, -0.05) is 48.5 Å². The topological polar surface area (TPSA) is 80.5 Å². The van der Waals surface area contributed by atoms with Crippen LogP contribution in [0.25, 0.3) is 11.5 Å². The first kappa shape index (κ1) is 23.2. The van der Waals surface area contributed by atoms with Crippen LogP contribution >= 0.6 is 0 Å². The number of hydrogen-bond acceptors (Lipinski definition) is 5. The molecule has 7 heteroatoms. The first-order valence-corrected chi connectivity index (χ1v) is 13.2. The summed E-state index contributed by atoms with van der Waals surface area (Å²) >= 11 is 0. The van der Waals surface area contributed by atoms with Gasteiger partial charge in [0, 0.05) is 18.7 Å². The van der Waals surface area contributed by atoms with Crippen molar-refractivity contribution >= 4 is 15.7 Å². The van der Waals surface area contributed by atoms with Crippen LogP contribution in [0, 0.1) is 19.8 Å². The molecule has 6 nitrogen and oxygen atoms in total. The number of nitrogens with zero attached hydrogens (tertiary/aromatic N) is 2. The fourth-order valence-corrected chi connectivity index (χ4v) is 5.71. The van der Waals surface area contributed by atoms with Crippen molar-refractivity contribution in [3.63, 3.8) is 0 Å². The molecular weight excluding hydrogens is 436 g/mol. The molecule has 0 unspecified atom stereocenters. The average Bonchev–Trinajstić information content (AvgIpc) is 3.14. The van der Waals surface area contributed by atoms with Gasteiger partial charge in [-0.15, -0.1) is 0 Å². The second kappa shape index (κ2) is 9.91. The van der Waals surface area contributed by atoms with Crippen LogP contribution in [0.3, 0.4) is 0 Å². The number of oxazole rings is 1. The molecule has 0 aliphatic carbocycles. The first-order chi connectivity index (χ1) is 15.8. The quantitative estimate of drug-likeness (QED) is 0.517. The molecule has 0 radical (unpaired) electrons. The van der Waals surface area contributed by atoms with Gasteiger partial charge in [0.25, 0.3) is 0 Å². The number of piperidine rings is 1. The van der Waals surface area contributed by atoms with Crippen LogP contribution in [0.1, 0.15) is 35.4 Å². The van der Waals surface area contributed by atoms with E-state index in [1.165, 1.54) is 5.56 Å². The summed E-state index contributed by atoms with van der Waals surface area (Å²) < 4.78 is 31.3. The molecule has 0 atom stereocenters. The van der Waals surface area contributed by atoms with Crippen molar-refractivity contribution in [1.29, 1.82) is 0 Å². The predicted molar refractivity (Wildman–Crippen MR) is 128 cm³/mol. The molecule has 3 aromatic rings. The Labute approximate surface area is 195 Å². The van der Waals surface area contributed by atoms with E-state index < -0.39 is 15.6 Å². The van der Waals surface area contributed by atoms with Gasteiger partial charge in [-0.25, -0.2) is 13.4 Å². The zero-order valence-corrected chi connectivity index (χ0v) is 20.0. The van der Waals surface area contributed by atoms with Gasteiger partial charge < -0.3 is 9.32 Å². The lowest BCUT2D eigenvalue weighted by atomic mass is 9.90. The minimum Gasteiger partial charge on any atom is -0.441 e. The molecule has 1 saturated heterocycles. The maximum Gasteiger partial charge on any atom is 0.237 e. The van der Waals surface area contributed by atoms with Crippen molar-refractivity contribution in [3.05, 3.63) is 77.2 Å². The molecule has 1 aromatic heterocycles. The van der Waals surface area contributed by atoms with Gasteiger partial charge in [0.15, 0.2) is 9.84 Å². The molecule has 0 saturated carbocycles. The minimum absolute atomic E-state index is 0.301. The van der Waals surface area contributed by atoms with Crippen LogP contribution in [0.2, 0.25) is 0 Å². The standard InChI is InChI=1S/C26H30N2O4S/c1-19-8-6-7-11-23(19)26-27-24(20(2)32-26)17-33(30,31)18-25(29)28-14-12-22(13-15-28)16-21-9-4-3-5-10-21/h3-11,22H,12-18H2,1-2H3. The fraction of sp³-hybridized carbons (Fsp3) is 0.385. The molecule has 174 valence electrons.